The average molecular weight is 553 g/mol. The first-order valence-corrected chi connectivity index (χ1v) is 13.9. The number of furan rings is 1. The number of anilines is 1. The molecule has 6 rings (SSSR count). The second-order valence-electron chi connectivity index (χ2n) is 10.6. The summed E-state index contributed by atoms with van der Waals surface area (Å²) in [6.07, 6.45) is 4.35. The highest BCUT2D eigenvalue weighted by atomic mass is 16.5. The highest BCUT2D eigenvalue weighted by Crippen LogP contribution is 2.38. The van der Waals surface area contributed by atoms with Gasteiger partial charge < -0.3 is 29.2 Å². The topological polar surface area (TPSA) is 121 Å². The number of hydrogen-bond donors (Lipinski definition) is 2. The lowest BCUT2D eigenvalue weighted by Gasteiger charge is -2.24. The summed E-state index contributed by atoms with van der Waals surface area (Å²) in [6, 6.07) is 17.5. The van der Waals surface area contributed by atoms with E-state index in [0.29, 0.717) is 52.4 Å². The number of fused-ring (bicyclic) bond motifs is 1. The molecule has 0 aliphatic carbocycles. The normalized spacial score (nSPS) is 17.5. The van der Waals surface area contributed by atoms with Crippen LogP contribution in [0.1, 0.15) is 35.2 Å². The Morgan fingerprint density at radius 3 is 2.76 bits per heavy atom. The molecular formula is C32H32N4O5. The number of hydrogen-bond acceptors (Lipinski definition) is 8. The minimum absolute atomic E-state index is 0.0811. The number of benzene rings is 2. The van der Waals surface area contributed by atoms with Crippen LogP contribution in [-0.2, 0) is 4.74 Å². The van der Waals surface area contributed by atoms with E-state index in [9.17, 15) is 15.2 Å². The number of nitriles is 1. The molecule has 0 bridgehead atoms. The smallest absolute Gasteiger partial charge is 0.253 e. The number of aromatic nitrogens is 1. The standard InChI is InChI=1S/C32H32N4O5/c1-39-29-15-22(32(38)36-11-7-20(18-36)19-37)2-4-26(29)30-16-28-31(41-30)25(6-10-34-28)21-3-5-27(23(14-21)17-33)35-24-8-12-40-13-9-24/h2-6,10,14-16,20,24,35,37H,7-9,11-13,18-19H2,1H3. The molecule has 9 nitrogen and oxygen atoms in total. The van der Waals surface area contributed by atoms with Crippen LogP contribution in [-0.4, -0.2) is 67.0 Å². The van der Waals surface area contributed by atoms with Gasteiger partial charge in [0.15, 0.2) is 5.58 Å². The average Bonchev–Trinajstić information content (AvgIpc) is 3.69. The zero-order valence-electron chi connectivity index (χ0n) is 22.9. The van der Waals surface area contributed by atoms with Gasteiger partial charge in [-0.05, 0) is 61.2 Å². The Hall–Kier alpha value is -4.39. The Balaban J connectivity index is 1.30. The highest BCUT2D eigenvalue weighted by Gasteiger charge is 2.27. The number of methoxy groups -OCH3 is 1. The second kappa shape index (κ2) is 11.6. The number of carbonyl (C=O) groups excluding carboxylic acids is 1. The minimum atomic E-state index is -0.0811. The van der Waals surface area contributed by atoms with Crippen molar-refractivity contribution >= 4 is 22.7 Å². The van der Waals surface area contributed by atoms with Crippen molar-refractivity contribution in [3.8, 4) is 34.3 Å². The fourth-order valence-electron chi connectivity index (χ4n) is 5.67. The van der Waals surface area contributed by atoms with E-state index < -0.39 is 0 Å². The molecule has 41 heavy (non-hydrogen) atoms. The third-order valence-electron chi connectivity index (χ3n) is 7.99. The number of nitrogens with one attached hydrogen (secondary N) is 1. The number of likely N-dealkylation sites (tertiary alicyclic amines) is 1. The van der Waals surface area contributed by atoms with Crippen molar-refractivity contribution in [3.05, 3.63) is 65.9 Å². The van der Waals surface area contributed by atoms with Crippen molar-refractivity contribution in [3.63, 3.8) is 0 Å². The highest BCUT2D eigenvalue weighted by molar-refractivity contribution is 5.97. The van der Waals surface area contributed by atoms with E-state index in [1.165, 1.54) is 0 Å². The van der Waals surface area contributed by atoms with Gasteiger partial charge in [-0.25, -0.2) is 0 Å². The largest absolute Gasteiger partial charge is 0.496 e. The molecule has 1 amide bonds. The summed E-state index contributed by atoms with van der Waals surface area (Å²) in [4.78, 5) is 19.4. The maximum absolute atomic E-state index is 13.1. The molecule has 2 fully saturated rings. The quantitative estimate of drug-likeness (QED) is 0.325. The zero-order valence-corrected chi connectivity index (χ0v) is 22.9. The Morgan fingerprint density at radius 2 is 2.00 bits per heavy atom. The molecule has 0 saturated carbocycles. The second-order valence-corrected chi connectivity index (χ2v) is 10.6. The molecule has 2 aliphatic heterocycles. The molecular weight excluding hydrogens is 520 g/mol. The summed E-state index contributed by atoms with van der Waals surface area (Å²) in [5, 5.41) is 22.8. The summed E-state index contributed by atoms with van der Waals surface area (Å²) < 4.78 is 17.5. The van der Waals surface area contributed by atoms with Crippen molar-refractivity contribution in [2.75, 3.05) is 45.3 Å². The van der Waals surface area contributed by atoms with E-state index in [1.54, 1.807) is 30.3 Å². The molecule has 1 unspecified atom stereocenters. The van der Waals surface area contributed by atoms with Crippen molar-refractivity contribution in [1.29, 1.82) is 5.26 Å². The Bertz CT molecular complexity index is 1620. The summed E-state index contributed by atoms with van der Waals surface area (Å²) in [5.74, 6) is 1.13. The summed E-state index contributed by atoms with van der Waals surface area (Å²) >= 11 is 0. The molecule has 2 aromatic carbocycles. The van der Waals surface area contributed by atoms with E-state index in [2.05, 4.69) is 16.4 Å². The number of pyridine rings is 1. The molecule has 0 spiro atoms. The van der Waals surface area contributed by atoms with Gasteiger partial charge in [0.1, 0.15) is 23.1 Å². The third-order valence-corrected chi connectivity index (χ3v) is 7.99. The predicted molar refractivity (Wildman–Crippen MR) is 155 cm³/mol. The van der Waals surface area contributed by atoms with Crippen LogP contribution in [0.25, 0.3) is 33.6 Å². The van der Waals surface area contributed by atoms with E-state index in [1.807, 2.05) is 36.4 Å². The number of ether oxygens (including phenoxy) is 2. The molecule has 2 aromatic heterocycles. The van der Waals surface area contributed by atoms with Gasteiger partial charge in [0, 0.05) is 68.3 Å². The molecule has 0 radical (unpaired) electrons. The van der Waals surface area contributed by atoms with Gasteiger partial charge in [0.25, 0.3) is 5.91 Å². The third kappa shape index (κ3) is 5.36. The van der Waals surface area contributed by atoms with Gasteiger partial charge in [0.2, 0.25) is 0 Å². The van der Waals surface area contributed by atoms with Gasteiger partial charge in [-0.15, -0.1) is 0 Å². The van der Waals surface area contributed by atoms with Crippen LogP contribution in [0.5, 0.6) is 5.75 Å². The molecule has 210 valence electrons. The lowest BCUT2D eigenvalue weighted by molar-refractivity contribution is 0.0781. The SMILES string of the molecule is COc1cc(C(=O)N2CCC(CO)C2)ccc1-c1cc2nccc(-c3ccc(NC4CCOCC4)c(C#N)c3)c2o1. The van der Waals surface area contributed by atoms with Crippen LogP contribution in [0.15, 0.2) is 59.1 Å². The fraction of sp³-hybridized carbons (Fsp3) is 0.344. The molecule has 2 saturated heterocycles. The van der Waals surface area contributed by atoms with E-state index >= 15 is 0 Å². The lowest BCUT2D eigenvalue weighted by atomic mass is 10.0. The number of carbonyl (C=O) groups is 1. The molecule has 4 aromatic rings. The minimum Gasteiger partial charge on any atom is -0.496 e. The Morgan fingerprint density at radius 1 is 1.15 bits per heavy atom. The van der Waals surface area contributed by atoms with Gasteiger partial charge >= 0.3 is 0 Å². The molecule has 1 atom stereocenters. The zero-order chi connectivity index (χ0) is 28.3. The number of nitrogens with zero attached hydrogens (tertiary/aromatic N) is 3. The monoisotopic (exact) mass is 552 g/mol. The van der Waals surface area contributed by atoms with Crippen LogP contribution in [0.4, 0.5) is 5.69 Å². The molecule has 9 heteroatoms. The molecule has 2 aliphatic rings. The van der Waals surface area contributed by atoms with Gasteiger partial charge in [0.05, 0.1) is 23.9 Å². The first kappa shape index (κ1) is 26.8. The summed E-state index contributed by atoms with van der Waals surface area (Å²) in [6.45, 7) is 2.72. The van der Waals surface area contributed by atoms with E-state index in [0.717, 1.165) is 49.3 Å². The summed E-state index contributed by atoms with van der Waals surface area (Å²) in [7, 11) is 1.57. The predicted octanol–water partition coefficient (Wildman–Crippen LogP) is 5.09. The van der Waals surface area contributed by atoms with Crippen LogP contribution in [0.2, 0.25) is 0 Å². The van der Waals surface area contributed by atoms with Crippen LogP contribution < -0.4 is 10.1 Å². The van der Waals surface area contributed by atoms with Crippen LogP contribution in [0, 0.1) is 17.2 Å². The van der Waals surface area contributed by atoms with Crippen LogP contribution >= 0.6 is 0 Å². The van der Waals surface area contributed by atoms with Crippen molar-refractivity contribution in [1.82, 2.24) is 9.88 Å². The van der Waals surface area contributed by atoms with Crippen LogP contribution in [0.3, 0.4) is 0 Å². The first-order valence-electron chi connectivity index (χ1n) is 13.9. The summed E-state index contributed by atoms with van der Waals surface area (Å²) in [5.41, 5.74) is 5.57. The molecule has 4 heterocycles. The lowest BCUT2D eigenvalue weighted by Crippen LogP contribution is -2.29. The van der Waals surface area contributed by atoms with Gasteiger partial charge in [-0.3, -0.25) is 9.78 Å². The number of aliphatic hydroxyl groups is 1. The molecule has 2 N–H and O–H groups in total. The van der Waals surface area contributed by atoms with E-state index in [4.69, 9.17) is 13.9 Å². The fourth-order valence-corrected chi connectivity index (χ4v) is 5.67. The maximum atomic E-state index is 13.1. The van der Waals surface area contributed by atoms with Crippen molar-refractivity contribution in [2.45, 2.75) is 25.3 Å². The number of aliphatic hydroxyl groups excluding tert-OH is 1. The number of rotatable bonds is 7. The Labute approximate surface area is 238 Å². The van der Waals surface area contributed by atoms with Gasteiger partial charge in [-0.2, -0.15) is 5.26 Å². The van der Waals surface area contributed by atoms with Crippen molar-refractivity contribution in [2.24, 2.45) is 5.92 Å². The number of amides is 1. The van der Waals surface area contributed by atoms with Gasteiger partial charge in [-0.1, -0.05) is 6.07 Å². The van der Waals surface area contributed by atoms with Crippen molar-refractivity contribution < 1.29 is 23.8 Å². The Kier molecular flexibility index (Phi) is 7.59. The first-order chi connectivity index (χ1) is 20.1. The van der Waals surface area contributed by atoms with E-state index in [-0.39, 0.29) is 24.5 Å². The maximum Gasteiger partial charge on any atom is 0.253 e.